The summed E-state index contributed by atoms with van der Waals surface area (Å²) in [6.07, 6.45) is 8.31. The molecule has 2 aromatic rings. The van der Waals surface area contributed by atoms with Gasteiger partial charge in [0.2, 0.25) is 11.8 Å². The lowest BCUT2D eigenvalue weighted by molar-refractivity contribution is -0.126. The van der Waals surface area contributed by atoms with Crippen molar-refractivity contribution in [2.45, 2.75) is 38.5 Å². The summed E-state index contributed by atoms with van der Waals surface area (Å²) in [6.45, 7) is 1.04. The molecule has 0 unspecified atom stereocenters. The molecular formula is C20H24N4O2. The summed E-state index contributed by atoms with van der Waals surface area (Å²) in [5.41, 5.74) is 2.34. The monoisotopic (exact) mass is 352 g/mol. The summed E-state index contributed by atoms with van der Waals surface area (Å²) in [5.74, 6) is 0.237. The van der Waals surface area contributed by atoms with Gasteiger partial charge in [-0.3, -0.25) is 19.6 Å². The van der Waals surface area contributed by atoms with Crippen LogP contribution in [0.15, 0.2) is 35.9 Å². The van der Waals surface area contributed by atoms with Gasteiger partial charge in [-0.1, -0.05) is 23.8 Å². The highest BCUT2D eigenvalue weighted by Gasteiger charge is 2.36. The van der Waals surface area contributed by atoms with Crippen LogP contribution in [0.5, 0.6) is 0 Å². The van der Waals surface area contributed by atoms with Gasteiger partial charge in [-0.25, -0.2) is 0 Å². The molecule has 2 heterocycles. The highest BCUT2D eigenvalue weighted by Crippen LogP contribution is 2.29. The largest absolute Gasteiger partial charge is 0.355 e. The van der Waals surface area contributed by atoms with Crippen molar-refractivity contribution >= 4 is 28.5 Å². The predicted molar refractivity (Wildman–Crippen MR) is 101 cm³/mol. The second kappa shape index (κ2) is 7.32. The van der Waals surface area contributed by atoms with Gasteiger partial charge >= 0.3 is 0 Å². The minimum absolute atomic E-state index is 0.0305. The summed E-state index contributed by atoms with van der Waals surface area (Å²) in [4.78, 5) is 26.5. The van der Waals surface area contributed by atoms with Crippen LogP contribution in [-0.2, 0) is 9.59 Å². The zero-order chi connectivity index (χ0) is 17.9. The summed E-state index contributed by atoms with van der Waals surface area (Å²) >= 11 is 0. The van der Waals surface area contributed by atoms with E-state index in [-0.39, 0.29) is 24.2 Å². The van der Waals surface area contributed by atoms with Gasteiger partial charge < -0.3 is 5.32 Å². The average molecular weight is 352 g/mol. The van der Waals surface area contributed by atoms with Gasteiger partial charge in [0.05, 0.1) is 11.4 Å². The van der Waals surface area contributed by atoms with Gasteiger partial charge in [-0.15, -0.1) is 0 Å². The van der Waals surface area contributed by atoms with Crippen molar-refractivity contribution in [3.05, 3.63) is 35.9 Å². The van der Waals surface area contributed by atoms with E-state index in [1.54, 1.807) is 4.90 Å². The van der Waals surface area contributed by atoms with Crippen LogP contribution in [0.2, 0.25) is 0 Å². The number of carbonyl (C=O) groups excluding carboxylic acids is 2. The van der Waals surface area contributed by atoms with E-state index in [1.165, 1.54) is 18.4 Å². The van der Waals surface area contributed by atoms with Crippen LogP contribution in [0.4, 0.5) is 5.82 Å². The number of aromatic nitrogens is 2. The van der Waals surface area contributed by atoms with Crippen LogP contribution in [0.25, 0.3) is 10.9 Å². The number of rotatable bonds is 5. The molecule has 0 bridgehead atoms. The first-order valence-electron chi connectivity index (χ1n) is 9.41. The zero-order valence-corrected chi connectivity index (χ0v) is 14.8. The smallest absolute Gasteiger partial charge is 0.229 e. The Bertz CT molecular complexity index is 854. The summed E-state index contributed by atoms with van der Waals surface area (Å²) in [7, 11) is 0. The molecular weight excluding hydrogens is 328 g/mol. The summed E-state index contributed by atoms with van der Waals surface area (Å²) < 4.78 is 0. The molecule has 1 aliphatic carbocycles. The first kappa shape index (κ1) is 16.8. The average Bonchev–Trinajstić information content (AvgIpc) is 3.26. The Morgan fingerprint density at radius 2 is 2.19 bits per heavy atom. The van der Waals surface area contributed by atoms with Crippen molar-refractivity contribution < 1.29 is 9.59 Å². The number of nitrogens with zero attached hydrogens (tertiary/aromatic N) is 2. The third-order valence-corrected chi connectivity index (χ3v) is 5.33. The molecule has 0 radical (unpaired) electrons. The number of para-hydroxylation sites is 1. The maximum Gasteiger partial charge on any atom is 0.229 e. The second-order valence-corrected chi connectivity index (χ2v) is 7.15. The molecule has 2 N–H and O–H groups in total. The summed E-state index contributed by atoms with van der Waals surface area (Å²) in [5, 5.41) is 11.2. The number of anilines is 1. The van der Waals surface area contributed by atoms with Crippen LogP contribution in [-0.4, -0.2) is 35.1 Å². The summed E-state index contributed by atoms with van der Waals surface area (Å²) in [6, 6.07) is 7.71. The predicted octanol–water partition coefficient (Wildman–Crippen LogP) is 2.92. The number of aromatic amines is 1. The van der Waals surface area contributed by atoms with E-state index in [0.717, 1.165) is 30.2 Å². The van der Waals surface area contributed by atoms with Crippen molar-refractivity contribution in [3.63, 3.8) is 0 Å². The Morgan fingerprint density at radius 3 is 3.04 bits per heavy atom. The topological polar surface area (TPSA) is 78.1 Å². The fraction of sp³-hybridized carbons (Fsp3) is 0.450. The molecule has 0 saturated carbocycles. The van der Waals surface area contributed by atoms with Gasteiger partial charge in [0, 0.05) is 24.9 Å². The first-order chi connectivity index (χ1) is 12.7. The van der Waals surface area contributed by atoms with E-state index >= 15 is 0 Å². The number of hydrogen-bond donors (Lipinski definition) is 2. The van der Waals surface area contributed by atoms with Gasteiger partial charge in [0.15, 0.2) is 5.82 Å². The quantitative estimate of drug-likeness (QED) is 0.812. The van der Waals surface area contributed by atoms with Crippen molar-refractivity contribution in [1.29, 1.82) is 0 Å². The fourth-order valence-corrected chi connectivity index (χ4v) is 3.86. The normalized spacial score (nSPS) is 20.5. The van der Waals surface area contributed by atoms with E-state index in [1.807, 2.05) is 24.3 Å². The lowest BCUT2D eigenvalue weighted by Gasteiger charge is -2.15. The molecule has 1 saturated heterocycles. The standard InChI is InChI=1S/C20H24N4O2/c25-18-12-15(20(26)21-11-10-14-6-2-1-3-7-14)13-24(18)19-16-8-4-5-9-17(16)22-23-19/h4-6,8-9,15H,1-3,7,10-13H2,(H,21,26)(H,22,23)/t15-/m1/s1. The first-order valence-corrected chi connectivity index (χ1v) is 9.41. The van der Waals surface area contributed by atoms with Crippen LogP contribution in [0.3, 0.4) is 0 Å². The molecule has 1 aromatic carbocycles. The second-order valence-electron chi connectivity index (χ2n) is 7.15. The molecule has 1 fully saturated rings. The highest BCUT2D eigenvalue weighted by molar-refractivity contribution is 6.05. The van der Waals surface area contributed by atoms with E-state index in [9.17, 15) is 9.59 Å². The molecule has 2 aliphatic rings. The third-order valence-electron chi connectivity index (χ3n) is 5.33. The maximum atomic E-state index is 12.5. The molecule has 26 heavy (non-hydrogen) atoms. The minimum Gasteiger partial charge on any atom is -0.355 e. The SMILES string of the molecule is O=C(NCCC1=CCCCC1)[C@@H]1CC(=O)N(c2n[nH]c3ccccc23)C1. The Balaban J connectivity index is 1.36. The number of benzene rings is 1. The van der Waals surface area contributed by atoms with Crippen molar-refractivity contribution in [2.24, 2.45) is 5.92 Å². The van der Waals surface area contributed by atoms with E-state index in [4.69, 9.17) is 0 Å². The number of H-pyrrole nitrogens is 1. The Hall–Kier alpha value is -2.63. The third kappa shape index (κ3) is 3.36. The molecule has 6 nitrogen and oxygen atoms in total. The Labute approximate surface area is 152 Å². The maximum absolute atomic E-state index is 12.5. The van der Waals surface area contributed by atoms with E-state index < -0.39 is 0 Å². The zero-order valence-electron chi connectivity index (χ0n) is 14.8. The lowest BCUT2D eigenvalue weighted by atomic mass is 9.97. The molecule has 6 heteroatoms. The minimum atomic E-state index is -0.307. The molecule has 1 aliphatic heterocycles. The van der Waals surface area contributed by atoms with Gasteiger partial charge in [0.1, 0.15) is 0 Å². The van der Waals surface area contributed by atoms with Gasteiger partial charge in [-0.2, -0.15) is 5.10 Å². The molecule has 0 spiro atoms. The van der Waals surface area contributed by atoms with Crippen molar-refractivity contribution in [3.8, 4) is 0 Å². The molecule has 136 valence electrons. The Kier molecular flexibility index (Phi) is 4.73. The molecule has 1 aromatic heterocycles. The number of hydrogen-bond acceptors (Lipinski definition) is 3. The number of fused-ring (bicyclic) bond motifs is 1. The van der Waals surface area contributed by atoms with E-state index in [0.29, 0.717) is 18.9 Å². The van der Waals surface area contributed by atoms with E-state index in [2.05, 4.69) is 21.6 Å². The molecule has 2 amide bonds. The number of allylic oxidation sites excluding steroid dienone is 1. The number of amides is 2. The van der Waals surface area contributed by atoms with Gasteiger partial charge in [-0.05, 0) is 44.2 Å². The van der Waals surface area contributed by atoms with Gasteiger partial charge in [0.25, 0.3) is 0 Å². The van der Waals surface area contributed by atoms with Crippen LogP contribution in [0.1, 0.15) is 38.5 Å². The highest BCUT2D eigenvalue weighted by atomic mass is 16.2. The fourth-order valence-electron chi connectivity index (χ4n) is 3.86. The Morgan fingerprint density at radius 1 is 1.31 bits per heavy atom. The molecule has 1 atom stereocenters. The van der Waals surface area contributed by atoms with Crippen LogP contribution >= 0.6 is 0 Å². The van der Waals surface area contributed by atoms with Crippen molar-refractivity contribution in [1.82, 2.24) is 15.5 Å². The molecule has 4 rings (SSSR count). The van der Waals surface area contributed by atoms with Crippen LogP contribution < -0.4 is 10.2 Å². The lowest BCUT2D eigenvalue weighted by Crippen LogP contribution is -2.33. The van der Waals surface area contributed by atoms with Crippen LogP contribution in [0, 0.1) is 5.92 Å². The number of carbonyl (C=O) groups is 2. The van der Waals surface area contributed by atoms with Crippen molar-refractivity contribution in [2.75, 3.05) is 18.0 Å². The number of nitrogens with one attached hydrogen (secondary N) is 2.